The van der Waals surface area contributed by atoms with Crippen LogP contribution in [0.4, 0.5) is 0 Å². The van der Waals surface area contributed by atoms with Crippen LogP contribution in [0.15, 0.2) is 79.1 Å². The SMILES string of the molecule is NC1(c2ccc(-c3nc(-c4ccncc4)sc3-c3ccccc3)cc2)CCC1. The number of nitrogens with two attached hydrogens (primary N) is 1. The van der Waals surface area contributed by atoms with Gasteiger partial charge in [-0.25, -0.2) is 4.98 Å². The van der Waals surface area contributed by atoms with Crippen LogP contribution in [0, 0.1) is 0 Å². The molecule has 2 N–H and O–H groups in total. The van der Waals surface area contributed by atoms with Crippen molar-refractivity contribution in [2.24, 2.45) is 5.73 Å². The van der Waals surface area contributed by atoms with Gasteiger partial charge >= 0.3 is 0 Å². The van der Waals surface area contributed by atoms with Crippen LogP contribution in [0.5, 0.6) is 0 Å². The first-order valence-corrected chi connectivity index (χ1v) is 10.4. The molecule has 2 aromatic heterocycles. The van der Waals surface area contributed by atoms with Gasteiger partial charge in [0.1, 0.15) is 5.01 Å². The fraction of sp³-hybridized carbons (Fsp3) is 0.167. The van der Waals surface area contributed by atoms with Crippen molar-refractivity contribution in [3.8, 4) is 32.3 Å². The van der Waals surface area contributed by atoms with Crippen LogP contribution < -0.4 is 5.73 Å². The van der Waals surface area contributed by atoms with Crippen molar-refractivity contribution in [2.45, 2.75) is 24.8 Å². The fourth-order valence-electron chi connectivity index (χ4n) is 3.73. The number of hydrogen-bond donors (Lipinski definition) is 1. The number of thiazole rings is 1. The third-order valence-electron chi connectivity index (χ3n) is 5.57. The van der Waals surface area contributed by atoms with Crippen molar-refractivity contribution in [2.75, 3.05) is 0 Å². The summed E-state index contributed by atoms with van der Waals surface area (Å²) >= 11 is 1.72. The zero-order valence-corrected chi connectivity index (χ0v) is 16.3. The highest BCUT2D eigenvalue weighted by atomic mass is 32.1. The molecule has 0 radical (unpaired) electrons. The second-order valence-corrected chi connectivity index (χ2v) is 8.38. The van der Waals surface area contributed by atoms with E-state index in [1.165, 1.54) is 22.4 Å². The fourth-order valence-corrected chi connectivity index (χ4v) is 4.82. The Labute approximate surface area is 168 Å². The van der Waals surface area contributed by atoms with Gasteiger partial charge in [-0.15, -0.1) is 11.3 Å². The van der Waals surface area contributed by atoms with Crippen LogP contribution in [0.25, 0.3) is 32.3 Å². The highest BCUT2D eigenvalue weighted by Crippen LogP contribution is 2.42. The molecule has 1 fully saturated rings. The predicted molar refractivity (Wildman–Crippen MR) is 116 cm³/mol. The Morgan fingerprint density at radius 2 is 1.50 bits per heavy atom. The van der Waals surface area contributed by atoms with E-state index >= 15 is 0 Å². The Balaban J connectivity index is 1.60. The van der Waals surface area contributed by atoms with Crippen molar-refractivity contribution < 1.29 is 0 Å². The van der Waals surface area contributed by atoms with Gasteiger partial charge < -0.3 is 5.73 Å². The molecular weight excluding hydrogens is 362 g/mol. The van der Waals surface area contributed by atoms with E-state index in [9.17, 15) is 0 Å². The summed E-state index contributed by atoms with van der Waals surface area (Å²) < 4.78 is 0. The van der Waals surface area contributed by atoms with E-state index in [4.69, 9.17) is 10.7 Å². The number of rotatable bonds is 4. The molecule has 0 aliphatic heterocycles. The molecule has 0 atom stereocenters. The molecule has 0 amide bonds. The van der Waals surface area contributed by atoms with Crippen molar-refractivity contribution >= 4 is 11.3 Å². The minimum absolute atomic E-state index is 0.134. The predicted octanol–water partition coefficient (Wildman–Crippen LogP) is 5.88. The topological polar surface area (TPSA) is 51.8 Å². The Hall–Kier alpha value is -2.82. The van der Waals surface area contributed by atoms with Crippen molar-refractivity contribution in [1.82, 2.24) is 9.97 Å². The molecule has 4 heteroatoms. The molecule has 0 bridgehead atoms. The molecule has 0 spiro atoms. The summed E-state index contributed by atoms with van der Waals surface area (Å²) in [5.41, 5.74) is 12.0. The molecule has 2 aromatic carbocycles. The lowest BCUT2D eigenvalue weighted by Gasteiger charge is -2.38. The summed E-state index contributed by atoms with van der Waals surface area (Å²) in [6.07, 6.45) is 6.99. The lowest BCUT2D eigenvalue weighted by molar-refractivity contribution is 0.253. The largest absolute Gasteiger partial charge is 0.321 e. The van der Waals surface area contributed by atoms with E-state index in [0.717, 1.165) is 34.7 Å². The van der Waals surface area contributed by atoms with Gasteiger partial charge in [-0.2, -0.15) is 0 Å². The molecule has 1 saturated carbocycles. The highest BCUT2D eigenvalue weighted by molar-refractivity contribution is 7.19. The maximum atomic E-state index is 6.49. The van der Waals surface area contributed by atoms with Gasteiger partial charge in [-0.1, -0.05) is 54.6 Å². The van der Waals surface area contributed by atoms with Gasteiger partial charge in [0.05, 0.1) is 10.6 Å². The monoisotopic (exact) mass is 383 g/mol. The molecule has 5 rings (SSSR count). The summed E-state index contributed by atoms with van der Waals surface area (Å²) in [5.74, 6) is 0. The van der Waals surface area contributed by atoms with Gasteiger partial charge in [-0.3, -0.25) is 4.98 Å². The summed E-state index contributed by atoms with van der Waals surface area (Å²) in [4.78, 5) is 10.3. The molecule has 138 valence electrons. The number of hydrogen-bond acceptors (Lipinski definition) is 4. The zero-order valence-electron chi connectivity index (χ0n) is 15.5. The van der Waals surface area contributed by atoms with Crippen LogP contribution in [0.3, 0.4) is 0 Å². The summed E-state index contributed by atoms with van der Waals surface area (Å²) in [5, 5.41) is 1.01. The second-order valence-electron chi connectivity index (χ2n) is 7.39. The second kappa shape index (κ2) is 6.97. The zero-order chi connectivity index (χ0) is 19.0. The van der Waals surface area contributed by atoms with Gasteiger partial charge in [0.15, 0.2) is 0 Å². The molecule has 4 aromatic rings. The molecular formula is C24H21N3S. The Morgan fingerprint density at radius 1 is 0.786 bits per heavy atom. The summed E-state index contributed by atoms with van der Waals surface area (Å²) in [7, 11) is 0. The van der Waals surface area contributed by atoms with Crippen LogP contribution in [0.1, 0.15) is 24.8 Å². The molecule has 28 heavy (non-hydrogen) atoms. The maximum absolute atomic E-state index is 6.49. The van der Waals surface area contributed by atoms with Crippen molar-refractivity contribution in [3.63, 3.8) is 0 Å². The van der Waals surface area contributed by atoms with E-state index < -0.39 is 0 Å². The van der Waals surface area contributed by atoms with Crippen LogP contribution in [-0.4, -0.2) is 9.97 Å². The summed E-state index contributed by atoms with van der Waals surface area (Å²) in [6.45, 7) is 0. The van der Waals surface area contributed by atoms with Crippen molar-refractivity contribution in [1.29, 1.82) is 0 Å². The average Bonchev–Trinajstić information content (AvgIpc) is 3.19. The third kappa shape index (κ3) is 3.05. The molecule has 1 aliphatic carbocycles. The first-order chi connectivity index (χ1) is 13.7. The Bertz CT molecular complexity index is 1080. The van der Waals surface area contributed by atoms with Gasteiger partial charge in [0.2, 0.25) is 0 Å². The molecule has 0 saturated heterocycles. The van der Waals surface area contributed by atoms with E-state index in [2.05, 4.69) is 53.5 Å². The molecule has 0 unspecified atom stereocenters. The minimum atomic E-state index is -0.134. The lowest BCUT2D eigenvalue weighted by atomic mass is 9.72. The summed E-state index contributed by atoms with van der Waals surface area (Å²) in [6, 6.07) is 23.2. The molecule has 2 heterocycles. The van der Waals surface area contributed by atoms with Crippen LogP contribution in [0.2, 0.25) is 0 Å². The number of benzene rings is 2. The van der Waals surface area contributed by atoms with Crippen LogP contribution >= 0.6 is 11.3 Å². The van der Waals surface area contributed by atoms with Gasteiger partial charge in [-0.05, 0) is 42.5 Å². The number of nitrogens with zero attached hydrogens (tertiary/aromatic N) is 2. The smallest absolute Gasteiger partial charge is 0.124 e. The Kier molecular flexibility index (Phi) is 4.30. The van der Waals surface area contributed by atoms with E-state index in [1.807, 2.05) is 30.6 Å². The average molecular weight is 384 g/mol. The first kappa shape index (κ1) is 17.3. The van der Waals surface area contributed by atoms with E-state index in [0.29, 0.717) is 0 Å². The number of pyridine rings is 1. The van der Waals surface area contributed by atoms with E-state index in [-0.39, 0.29) is 5.54 Å². The minimum Gasteiger partial charge on any atom is -0.321 e. The molecule has 1 aliphatic rings. The van der Waals surface area contributed by atoms with Crippen molar-refractivity contribution in [3.05, 3.63) is 84.7 Å². The van der Waals surface area contributed by atoms with Gasteiger partial charge in [0, 0.05) is 29.1 Å². The standard InChI is InChI=1S/C24H21N3S/c25-24(13-4-14-24)20-9-7-17(8-10-20)21-22(18-5-2-1-3-6-18)28-23(27-21)19-11-15-26-16-12-19/h1-3,5-12,15-16H,4,13-14,25H2. The van der Waals surface area contributed by atoms with Crippen LogP contribution in [-0.2, 0) is 5.54 Å². The first-order valence-electron chi connectivity index (χ1n) is 9.59. The van der Waals surface area contributed by atoms with E-state index in [1.54, 1.807) is 11.3 Å². The quantitative estimate of drug-likeness (QED) is 0.479. The highest BCUT2D eigenvalue weighted by Gasteiger charge is 2.34. The molecule has 3 nitrogen and oxygen atoms in total. The number of aromatic nitrogens is 2. The maximum Gasteiger partial charge on any atom is 0.124 e. The lowest BCUT2D eigenvalue weighted by Crippen LogP contribution is -2.43. The Morgan fingerprint density at radius 3 is 2.14 bits per heavy atom. The third-order valence-corrected chi connectivity index (χ3v) is 6.72. The van der Waals surface area contributed by atoms with Gasteiger partial charge in [0.25, 0.3) is 0 Å². The normalized spacial score (nSPS) is 15.2.